The third-order valence-electron chi connectivity index (χ3n) is 5.72. The zero-order chi connectivity index (χ0) is 19.1. The number of piperidine rings is 1. The van der Waals surface area contributed by atoms with Gasteiger partial charge in [0.25, 0.3) is 11.5 Å². The van der Waals surface area contributed by atoms with E-state index >= 15 is 0 Å². The van der Waals surface area contributed by atoms with E-state index in [2.05, 4.69) is 9.55 Å². The van der Waals surface area contributed by atoms with Gasteiger partial charge in [0, 0.05) is 58.1 Å². The Morgan fingerprint density at radius 2 is 1.96 bits per heavy atom. The molecule has 1 amide bonds. The molecule has 4 rings (SSSR count). The number of imidazole rings is 1. The van der Waals surface area contributed by atoms with Crippen molar-refractivity contribution in [1.29, 1.82) is 0 Å². The van der Waals surface area contributed by atoms with E-state index in [9.17, 15) is 14.4 Å². The highest BCUT2D eigenvalue weighted by atomic mass is 16.2. The number of carbonyl (C=O) groups excluding carboxylic acids is 1. The fraction of sp³-hybridized carbons (Fsp3) is 0.579. The van der Waals surface area contributed by atoms with Crippen LogP contribution in [0.4, 0.5) is 0 Å². The highest BCUT2D eigenvalue weighted by Crippen LogP contribution is 2.33. The van der Waals surface area contributed by atoms with E-state index < -0.39 is 11.2 Å². The lowest BCUT2D eigenvalue weighted by Crippen LogP contribution is -2.45. The lowest BCUT2D eigenvalue weighted by molar-refractivity contribution is 0.0691. The van der Waals surface area contributed by atoms with Crippen LogP contribution in [0.25, 0.3) is 0 Å². The summed E-state index contributed by atoms with van der Waals surface area (Å²) in [7, 11) is 2.94. The molecule has 27 heavy (non-hydrogen) atoms. The monoisotopic (exact) mass is 371 g/mol. The van der Waals surface area contributed by atoms with E-state index in [-0.39, 0.29) is 17.5 Å². The Hall–Kier alpha value is -2.64. The van der Waals surface area contributed by atoms with Crippen LogP contribution in [0.5, 0.6) is 0 Å². The summed E-state index contributed by atoms with van der Waals surface area (Å²) in [6.07, 6.45) is 8.29. The van der Waals surface area contributed by atoms with Crippen LogP contribution in [0.1, 0.15) is 47.9 Å². The first-order valence-electron chi connectivity index (χ1n) is 9.53. The lowest BCUT2D eigenvalue weighted by Gasteiger charge is -2.33. The molecule has 0 spiro atoms. The van der Waals surface area contributed by atoms with Crippen LogP contribution in [0, 0.1) is 5.92 Å². The molecule has 8 heteroatoms. The van der Waals surface area contributed by atoms with Gasteiger partial charge in [0.1, 0.15) is 11.5 Å². The second kappa shape index (κ2) is 6.83. The van der Waals surface area contributed by atoms with Gasteiger partial charge in [-0.3, -0.25) is 18.7 Å². The summed E-state index contributed by atoms with van der Waals surface area (Å²) in [5.74, 6) is 1.71. The van der Waals surface area contributed by atoms with Crippen LogP contribution >= 0.6 is 0 Å². The third-order valence-corrected chi connectivity index (χ3v) is 5.72. The van der Waals surface area contributed by atoms with Crippen molar-refractivity contribution in [2.75, 3.05) is 13.1 Å². The molecule has 0 radical (unpaired) electrons. The van der Waals surface area contributed by atoms with Crippen LogP contribution in [0.2, 0.25) is 0 Å². The lowest BCUT2D eigenvalue weighted by atomic mass is 9.96. The Morgan fingerprint density at radius 1 is 1.19 bits per heavy atom. The van der Waals surface area contributed by atoms with E-state index in [1.54, 1.807) is 4.90 Å². The van der Waals surface area contributed by atoms with E-state index in [1.807, 2.05) is 12.4 Å². The van der Waals surface area contributed by atoms with Crippen molar-refractivity contribution in [3.63, 3.8) is 0 Å². The quantitative estimate of drug-likeness (QED) is 0.793. The summed E-state index contributed by atoms with van der Waals surface area (Å²) in [6, 6.07) is 1.25. The molecule has 8 nitrogen and oxygen atoms in total. The van der Waals surface area contributed by atoms with E-state index in [0.29, 0.717) is 13.1 Å². The zero-order valence-corrected chi connectivity index (χ0v) is 15.8. The van der Waals surface area contributed by atoms with Crippen LogP contribution < -0.4 is 11.2 Å². The first-order chi connectivity index (χ1) is 13.0. The molecule has 2 aromatic heterocycles. The third kappa shape index (κ3) is 3.36. The van der Waals surface area contributed by atoms with E-state index in [4.69, 9.17) is 0 Å². The molecule has 2 fully saturated rings. The number of hydrogen-bond donors (Lipinski definition) is 0. The number of carbonyl (C=O) groups is 1. The van der Waals surface area contributed by atoms with Crippen molar-refractivity contribution < 1.29 is 4.79 Å². The summed E-state index contributed by atoms with van der Waals surface area (Å²) in [6.45, 7) is 2.19. The number of nitrogens with zero attached hydrogens (tertiary/aromatic N) is 5. The van der Waals surface area contributed by atoms with Crippen molar-refractivity contribution in [3.05, 3.63) is 50.8 Å². The largest absolute Gasteiger partial charge is 0.337 e. The fourth-order valence-corrected chi connectivity index (χ4v) is 3.89. The van der Waals surface area contributed by atoms with Crippen molar-refractivity contribution in [2.45, 2.75) is 38.1 Å². The predicted octanol–water partition coefficient (Wildman–Crippen LogP) is 0.710. The standard InChI is InChI=1S/C19H25N5O3/c1-21-15(10-16(25)22(2)19(21)27)18(26)24-8-3-4-14(12-24)17-20-7-9-23(17)11-13-5-6-13/h7,9-10,13-14H,3-6,8,11-12H2,1-2H3. The van der Waals surface area contributed by atoms with Gasteiger partial charge in [0.15, 0.2) is 0 Å². The highest BCUT2D eigenvalue weighted by Gasteiger charge is 2.30. The average molecular weight is 371 g/mol. The normalized spacial score (nSPS) is 20.1. The number of aromatic nitrogens is 4. The van der Waals surface area contributed by atoms with Gasteiger partial charge in [-0.2, -0.15) is 0 Å². The molecule has 1 aliphatic carbocycles. The zero-order valence-electron chi connectivity index (χ0n) is 15.8. The second-order valence-corrected chi connectivity index (χ2v) is 7.74. The molecule has 0 aromatic carbocycles. The number of likely N-dealkylation sites (tertiary alicyclic amines) is 1. The molecular weight excluding hydrogens is 346 g/mol. The molecule has 0 bridgehead atoms. The first-order valence-corrected chi connectivity index (χ1v) is 9.53. The molecular formula is C19H25N5O3. The molecule has 2 aromatic rings. The van der Waals surface area contributed by atoms with Gasteiger partial charge in [-0.25, -0.2) is 9.78 Å². The predicted molar refractivity (Wildman–Crippen MR) is 99.8 cm³/mol. The molecule has 1 aliphatic heterocycles. The van der Waals surface area contributed by atoms with Gasteiger partial charge < -0.3 is 9.47 Å². The Bertz CT molecular complexity index is 982. The Kier molecular flexibility index (Phi) is 4.49. The minimum Gasteiger partial charge on any atom is -0.337 e. The highest BCUT2D eigenvalue weighted by molar-refractivity contribution is 5.92. The summed E-state index contributed by atoms with van der Waals surface area (Å²) in [5.41, 5.74) is -0.806. The van der Waals surface area contributed by atoms with Crippen molar-refractivity contribution in [1.82, 2.24) is 23.6 Å². The van der Waals surface area contributed by atoms with Crippen molar-refractivity contribution in [2.24, 2.45) is 20.0 Å². The summed E-state index contributed by atoms with van der Waals surface area (Å²) in [5, 5.41) is 0. The van der Waals surface area contributed by atoms with E-state index in [0.717, 1.165) is 35.7 Å². The summed E-state index contributed by atoms with van der Waals surface area (Å²) < 4.78 is 4.48. The average Bonchev–Trinajstić information content (AvgIpc) is 3.37. The number of rotatable bonds is 4. The Labute approximate surface area is 157 Å². The maximum atomic E-state index is 13.0. The van der Waals surface area contributed by atoms with Crippen LogP contribution in [-0.2, 0) is 20.6 Å². The molecule has 2 aliphatic rings. The summed E-state index contributed by atoms with van der Waals surface area (Å²) >= 11 is 0. The van der Waals surface area contributed by atoms with Gasteiger partial charge >= 0.3 is 5.69 Å². The van der Waals surface area contributed by atoms with Gasteiger partial charge in [-0.1, -0.05) is 0 Å². The maximum Gasteiger partial charge on any atom is 0.331 e. The number of amides is 1. The second-order valence-electron chi connectivity index (χ2n) is 7.74. The molecule has 1 saturated carbocycles. The van der Waals surface area contributed by atoms with E-state index in [1.165, 1.54) is 37.6 Å². The first kappa shape index (κ1) is 17.8. The molecule has 144 valence electrons. The number of hydrogen-bond acceptors (Lipinski definition) is 4. The van der Waals surface area contributed by atoms with Crippen molar-refractivity contribution >= 4 is 5.91 Å². The molecule has 1 unspecified atom stereocenters. The maximum absolute atomic E-state index is 13.0. The minimum absolute atomic E-state index is 0.144. The van der Waals surface area contributed by atoms with Crippen molar-refractivity contribution in [3.8, 4) is 0 Å². The van der Waals surface area contributed by atoms with Gasteiger partial charge in [-0.15, -0.1) is 0 Å². The SMILES string of the molecule is Cn1c(C(=O)N2CCCC(c3nccn3CC3CC3)C2)cc(=O)n(C)c1=O. The molecule has 1 saturated heterocycles. The topological polar surface area (TPSA) is 82.1 Å². The van der Waals surface area contributed by atoms with Crippen LogP contribution in [0.15, 0.2) is 28.0 Å². The van der Waals surface area contributed by atoms with Crippen LogP contribution in [0.3, 0.4) is 0 Å². The van der Waals surface area contributed by atoms with Crippen LogP contribution in [-0.4, -0.2) is 42.6 Å². The summed E-state index contributed by atoms with van der Waals surface area (Å²) in [4.78, 5) is 43.4. The van der Waals surface area contributed by atoms with Gasteiger partial charge in [0.2, 0.25) is 0 Å². The fourth-order valence-electron chi connectivity index (χ4n) is 3.89. The van der Waals surface area contributed by atoms with Gasteiger partial charge in [-0.05, 0) is 31.6 Å². The molecule has 0 N–H and O–H groups in total. The smallest absolute Gasteiger partial charge is 0.331 e. The Morgan fingerprint density at radius 3 is 2.70 bits per heavy atom. The minimum atomic E-state index is -0.487. The Balaban J connectivity index is 1.57. The molecule has 3 heterocycles. The molecule has 1 atom stereocenters. The van der Waals surface area contributed by atoms with Gasteiger partial charge in [0.05, 0.1) is 0 Å².